The van der Waals surface area contributed by atoms with Crippen LogP contribution in [0.1, 0.15) is 19.8 Å². The second-order valence-electron chi connectivity index (χ2n) is 6.41. The molecule has 0 spiro atoms. The first-order chi connectivity index (χ1) is 13.7. The summed E-state index contributed by atoms with van der Waals surface area (Å²) in [5, 5.41) is 5.05. The summed E-state index contributed by atoms with van der Waals surface area (Å²) in [5.74, 6) is 1.66. The fourth-order valence-corrected chi connectivity index (χ4v) is 2.78. The van der Waals surface area contributed by atoms with Crippen LogP contribution in [0.15, 0.2) is 60.7 Å². The topological polar surface area (TPSA) is 56.8 Å². The minimum atomic E-state index is -0.262. The van der Waals surface area contributed by atoms with Crippen LogP contribution in [-0.4, -0.2) is 26.2 Å². The summed E-state index contributed by atoms with van der Waals surface area (Å²) in [6.45, 7) is 2.60. The predicted octanol–water partition coefficient (Wildman–Crippen LogP) is 5.04. The third kappa shape index (κ3) is 5.16. The summed E-state index contributed by atoms with van der Waals surface area (Å²) >= 11 is 0. The van der Waals surface area contributed by atoms with Crippen molar-refractivity contribution in [3.8, 4) is 17.2 Å². The number of anilines is 1. The zero-order valence-corrected chi connectivity index (χ0v) is 16.2. The molecule has 0 radical (unpaired) electrons. The molecule has 0 unspecified atom stereocenters. The molecule has 3 rings (SSSR count). The van der Waals surface area contributed by atoms with Gasteiger partial charge in [0.15, 0.2) is 6.61 Å². The number of benzene rings is 3. The average Bonchev–Trinajstić information content (AvgIpc) is 2.73. The number of nitrogens with one attached hydrogen (secondary N) is 1. The van der Waals surface area contributed by atoms with Crippen molar-refractivity contribution >= 4 is 22.4 Å². The van der Waals surface area contributed by atoms with Gasteiger partial charge in [-0.2, -0.15) is 0 Å². The molecule has 0 aromatic heterocycles. The Morgan fingerprint density at radius 3 is 2.50 bits per heavy atom. The number of carbonyl (C=O) groups excluding carboxylic acids is 1. The van der Waals surface area contributed by atoms with E-state index in [1.165, 1.54) is 0 Å². The summed E-state index contributed by atoms with van der Waals surface area (Å²) in [6, 6.07) is 19.1. The van der Waals surface area contributed by atoms with Crippen molar-refractivity contribution in [3.05, 3.63) is 60.7 Å². The molecule has 1 N–H and O–H groups in total. The van der Waals surface area contributed by atoms with Crippen molar-refractivity contribution in [1.82, 2.24) is 0 Å². The minimum absolute atomic E-state index is 0.0933. The highest BCUT2D eigenvalue weighted by atomic mass is 16.5. The lowest BCUT2D eigenvalue weighted by Crippen LogP contribution is -2.20. The summed E-state index contributed by atoms with van der Waals surface area (Å²) in [4.78, 5) is 12.4. The molecule has 0 aliphatic carbocycles. The van der Waals surface area contributed by atoms with Gasteiger partial charge in [-0.25, -0.2) is 0 Å². The van der Waals surface area contributed by atoms with Crippen molar-refractivity contribution < 1.29 is 19.0 Å². The molecular formula is C23H25NO4. The van der Waals surface area contributed by atoms with E-state index in [9.17, 15) is 4.79 Å². The molecule has 0 bridgehead atoms. The maximum absolute atomic E-state index is 12.4. The molecule has 0 fully saturated rings. The number of hydrogen-bond donors (Lipinski definition) is 1. The Hall–Kier alpha value is -3.21. The molecule has 5 nitrogen and oxygen atoms in total. The van der Waals surface area contributed by atoms with Crippen molar-refractivity contribution in [1.29, 1.82) is 0 Å². The van der Waals surface area contributed by atoms with E-state index < -0.39 is 0 Å². The van der Waals surface area contributed by atoms with E-state index >= 15 is 0 Å². The molecule has 0 atom stereocenters. The van der Waals surface area contributed by atoms with Gasteiger partial charge in [0, 0.05) is 6.07 Å². The first kappa shape index (κ1) is 19.5. The van der Waals surface area contributed by atoms with Crippen LogP contribution in [0.5, 0.6) is 17.2 Å². The van der Waals surface area contributed by atoms with Crippen molar-refractivity contribution in [3.63, 3.8) is 0 Å². The number of amides is 1. The Bertz CT molecular complexity index is 939. The highest BCUT2D eigenvalue weighted by Gasteiger charge is 2.11. The van der Waals surface area contributed by atoms with Gasteiger partial charge >= 0.3 is 0 Å². The van der Waals surface area contributed by atoms with Crippen LogP contribution in [0.4, 0.5) is 5.69 Å². The van der Waals surface area contributed by atoms with E-state index in [0.29, 0.717) is 29.5 Å². The summed E-state index contributed by atoms with van der Waals surface area (Å²) in [7, 11) is 1.58. The number of fused-ring (bicyclic) bond motifs is 1. The van der Waals surface area contributed by atoms with E-state index in [1.807, 2.05) is 48.5 Å². The molecule has 5 heteroatoms. The van der Waals surface area contributed by atoms with Crippen LogP contribution in [0, 0.1) is 0 Å². The number of ether oxygens (including phenoxy) is 3. The lowest BCUT2D eigenvalue weighted by Gasteiger charge is -2.14. The molecule has 0 heterocycles. The number of hydrogen-bond acceptors (Lipinski definition) is 4. The number of methoxy groups -OCH3 is 1. The quantitative estimate of drug-likeness (QED) is 0.529. The fraction of sp³-hybridized carbons (Fsp3) is 0.261. The number of carbonyl (C=O) groups is 1. The first-order valence-electron chi connectivity index (χ1n) is 9.42. The van der Waals surface area contributed by atoms with Gasteiger partial charge in [0.1, 0.15) is 17.2 Å². The number of unbranched alkanes of at least 4 members (excludes halogenated alkanes) is 1. The van der Waals surface area contributed by atoms with Crippen molar-refractivity contribution in [2.45, 2.75) is 19.8 Å². The Balaban J connectivity index is 1.64. The minimum Gasteiger partial charge on any atom is -0.497 e. The largest absolute Gasteiger partial charge is 0.497 e. The van der Waals surface area contributed by atoms with E-state index in [1.54, 1.807) is 19.2 Å². The Morgan fingerprint density at radius 2 is 1.71 bits per heavy atom. The van der Waals surface area contributed by atoms with Gasteiger partial charge in [-0.1, -0.05) is 43.7 Å². The standard InChI is InChI=1S/C23H25NO4/c1-3-4-13-27-22-12-11-19(26-2)15-21(22)24-23(25)16-28-20-10-9-17-7-5-6-8-18(17)14-20/h5-12,14-15H,3-4,13,16H2,1-2H3,(H,24,25). The van der Waals surface area contributed by atoms with Crippen molar-refractivity contribution in [2.75, 3.05) is 25.6 Å². The molecule has 0 saturated carbocycles. The highest BCUT2D eigenvalue weighted by Crippen LogP contribution is 2.29. The van der Waals surface area contributed by atoms with Crippen LogP contribution in [0.2, 0.25) is 0 Å². The lowest BCUT2D eigenvalue weighted by molar-refractivity contribution is -0.118. The van der Waals surface area contributed by atoms with E-state index in [4.69, 9.17) is 14.2 Å². The molecule has 3 aromatic rings. The monoisotopic (exact) mass is 379 g/mol. The van der Waals surface area contributed by atoms with Gasteiger partial charge in [-0.3, -0.25) is 4.79 Å². The van der Waals surface area contributed by atoms with Crippen LogP contribution >= 0.6 is 0 Å². The van der Waals surface area contributed by atoms with Gasteiger partial charge in [0.25, 0.3) is 5.91 Å². The zero-order valence-electron chi connectivity index (χ0n) is 16.2. The Morgan fingerprint density at radius 1 is 0.929 bits per heavy atom. The molecule has 0 saturated heterocycles. The lowest BCUT2D eigenvalue weighted by atomic mass is 10.1. The van der Waals surface area contributed by atoms with Gasteiger partial charge in [-0.05, 0) is 41.5 Å². The fourth-order valence-electron chi connectivity index (χ4n) is 2.78. The summed E-state index contributed by atoms with van der Waals surface area (Å²) < 4.78 is 16.7. The molecular weight excluding hydrogens is 354 g/mol. The molecule has 3 aromatic carbocycles. The zero-order chi connectivity index (χ0) is 19.8. The maximum atomic E-state index is 12.4. The molecule has 0 aliphatic rings. The van der Waals surface area contributed by atoms with Crippen LogP contribution in [0.25, 0.3) is 10.8 Å². The molecule has 1 amide bonds. The molecule has 0 aliphatic heterocycles. The maximum Gasteiger partial charge on any atom is 0.262 e. The third-order valence-electron chi connectivity index (χ3n) is 4.31. The predicted molar refractivity (Wildman–Crippen MR) is 111 cm³/mol. The van der Waals surface area contributed by atoms with Gasteiger partial charge in [0.2, 0.25) is 0 Å². The first-order valence-corrected chi connectivity index (χ1v) is 9.42. The third-order valence-corrected chi connectivity index (χ3v) is 4.31. The van der Waals surface area contributed by atoms with Gasteiger partial charge in [-0.15, -0.1) is 0 Å². The van der Waals surface area contributed by atoms with E-state index in [2.05, 4.69) is 12.2 Å². The summed E-state index contributed by atoms with van der Waals surface area (Å²) in [6.07, 6.45) is 1.99. The number of rotatable bonds is 9. The van der Waals surface area contributed by atoms with Crippen LogP contribution in [-0.2, 0) is 4.79 Å². The van der Waals surface area contributed by atoms with Crippen molar-refractivity contribution in [2.24, 2.45) is 0 Å². The smallest absolute Gasteiger partial charge is 0.262 e. The molecule has 28 heavy (non-hydrogen) atoms. The SMILES string of the molecule is CCCCOc1ccc(OC)cc1NC(=O)COc1ccc2ccccc2c1. The van der Waals surface area contributed by atoms with Gasteiger partial charge in [0.05, 0.1) is 19.4 Å². The Labute approximate surface area is 165 Å². The normalized spacial score (nSPS) is 10.5. The van der Waals surface area contributed by atoms with E-state index in [0.717, 1.165) is 23.6 Å². The Kier molecular flexibility index (Phi) is 6.73. The van der Waals surface area contributed by atoms with Gasteiger partial charge < -0.3 is 19.5 Å². The average molecular weight is 379 g/mol. The summed E-state index contributed by atoms with van der Waals surface area (Å²) in [5.41, 5.74) is 0.572. The second-order valence-corrected chi connectivity index (χ2v) is 6.41. The van der Waals surface area contributed by atoms with E-state index in [-0.39, 0.29) is 12.5 Å². The van der Waals surface area contributed by atoms with Crippen LogP contribution in [0.3, 0.4) is 0 Å². The van der Waals surface area contributed by atoms with Crippen LogP contribution < -0.4 is 19.5 Å². The highest BCUT2D eigenvalue weighted by molar-refractivity contribution is 5.93. The molecule has 146 valence electrons. The second kappa shape index (κ2) is 9.65.